The van der Waals surface area contributed by atoms with Crippen LogP contribution in [0, 0.1) is 5.92 Å². The van der Waals surface area contributed by atoms with Gasteiger partial charge in [-0.1, -0.05) is 19.3 Å². The summed E-state index contributed by atoms with van der Waals surface area (Å²) in [6.45, 7) is 2.20. The van der Waals surface area contributed by atoms with E-state index in [0.29, 0.717) is 12.3 Å². The molecule has 0 spiro atoms. The zero-order valence-electron chi connectivity index (χ0n) is 8.71. The minimum absolute atomic E-state index is 0.479. The average Bonchev–Trinajstić information content (AvgIpc) is 2.49. The molecule has 3 nitrogen and oxygen atoms in total. The quantitative estimate of drug-likeness (QED) is 0.641. The van der Waals surface area contributed by atoms with Crippen LogP contribution >= 0.6 is 0 Å². The van der Waals surface area contributed by atoms with Gasteiger partial charge in [-0.2, -0.15) is 0 Å². The monoisotopic (exact) mass is 183 g/mol. The Kier molecular flexibility index (Phi) is 2.86. The van der Waals surface area contributed by atoms with Gasteiger partial charge in [0.25, 0.3) is 0 Å². The number of nitrogens with one attached hydrogen (secondary N) is 2. The number of hydrogen-bond acceptors (Lipinski definition) is 3. The van der Waals surface area contributed by atoms with Crippen molar-refractivity contribution in [1.82, 2.24) is 15.8 Å². The third-order valence-corrected chi connectivity index (χ3v) is 3.59. The Bertz CT molecular complexity index is 166. The maximum atomic E-state index is 3.40. The first-order valence-electron chi connectivity index (χ1n) is 5.52. The number of hydrazine groups is 1. The summed E-state index contributed by atoms with van der Waals surface area (Å²) in [6, 6.07) is 0. The lowest BCUT2D eigenvalue weighted by atomic mass is 9.87. The zero-order chi connectivity index (χ0) is 9.26. The van der Waals surface area contributed by atoms with Gasteiger partial charge in [-0.15, -0.1) is 0 Å². The van der Waals surface area contributed by atoms with Crippen LogP contribution in [0.2, 0.25) is 0 Å². The van der Waals surface area contributed by atoms with Gasteiger partial charge in [0, 0.05) is 0 Å². The molecule has 1 aliphatic carbocycles. The molecule has 2 N–H and O–H groups in total. The van der Waals surface area contributed by atoms with E-state index in [-0.39, 0.29) is 0 Å². The lowest BCUT2D eigenvalue weighted by molar-refractivity contribution is 0.148. The summed E-state index contributed by atoms with van der Waals surface area (Å²) in [6.07, 6.45) is 8.13. The Morgan fingerprint density at radius 1 is 1.08 bits per heavy atom. The summed E-state index contributed by atoms with van der Waals surface area (Å²) >= 11 is 0. The Labute approximate surface area is 80.8 Å². The van der Waals surface area contributed by atoms with E-state index in [4.69, 9.17) is 0 Å². The smallest absolute Gasteiger partial charge is 0.0768 e. The van der Waals surface area contributed by atoms with Gasteiger partial charge in [0.05, 0.1) is 12.3 Å². The molecule has 1 saturated carbocycles. The average molecular weight is 183 g/mol. The molecular formula is C10H21N3. The summed E-state index contributed by atoms with van der Waals surface area (Å²) in [5.74, 6) is 0.858. The third-order valence-electron chi connectivity index (χ3n) is 3.59. The van der Waals surface area contributed by atoms with Crippen molar-refractivity contribution in [2.75, 3.05) is 7.05 Å². The van der Waals surface area contributed by atoms with Crippen molar-refractivity contribution < 1.29 is 0 Å². The molecule has 0 radical (unpaired) electrons. The molecule has 1 aliphatic heterocycles. The second-order valence-corrected chi connectivity index (χ2v) is 4.47. The molecule has 76 valence electrons. The van der Waals surface area contributed by atoms with E-state index in [2.05, 4.69) is 29.7 Å². The van der Waals surface area contributed by atoms with Crippen molar-refractivity contribution in [1.29, 1.82) is 0 Å². The molecule has 1 saturated heterocycles. The summed E-state index contributed by atoms with van der Waals surface area (Å²) in [4.78, 5) is 2.41. The van der Waals surface area contributed by atoms with Crippen LogP contribution in [-0.2, 0) is 0 Å². The van der Waals surface area contributed by atoms with Crippen LogP contribution < -0.4 is 10.9 Å². The Balaban J connectivity index is 1.92. The van der Waals surface area contributed by atoms with Gasteiger partial charge < -0.3 is 0 Å². The second-order valence-electron chi connectivity index (χ2n) is 4.47. The molecule has 0 aromatic rings. The molecule has 13 heavy (non-hydrogen) atoms. The molecule has 2 unspecified atom stereocenters. The molecule has 0 aromatic heterocycles. The summed E-state index contributed by atoms with van der Waals surface area (Å²) < 4.78 is 0. The molecule has 0 aromatic carbocycles. The molecule has 2 aliphatic rings. The zero-order valence-corrected chi connectivity index (χ0v) is 8.71. The van der Waals surface area contributed by atoms with Crippen molar-refractivity contribution >= 4 is 0 Å². The largest absolute Gasteiger partial charge is 0.273 e. The SMILES string of the molecule is CC1NNC(C2CCCCC2)N1C. The standard InChI is InChI=1S/C10H21N3/c1-8-11-12-10(13(8)2)9-6-4-3-5-7-9/h8-12H,3-7H2,1-2H3. The fourth-order valence-electron chi connectivity index (χ4n) is 2.55. The van der Waals surface area contributed by atoms with Crippen LogP contribution in [0.1, 0.15) is 39.0 Å². The molecule has 2 atom stereocenters. The van der Waals surface area contributed by atoms with Gasteiger partial charge in [-0.05, 0) is 32.7 Å². The molecule has 1 heterocycles. The molecule has 3 heteroatoms. The Hall–Kier alpha value is -0.120. The van der Waals surface area contributed by atoms with Crippen molar-refractivity contribution in [3.05, 3.63) is 0 Å². The first kappa shape index (κ1) is 9.44. The highest BCUT2D eigenvalue weighted by Crippen LogP contribution is 2.28. The molecular weight excluding hydrogens is 162 g/mol. The van der Waals surface area contributed by atoms with Crippen LogP contribution in [0.25, 0.3) is 0 Å². The Morgan fingerprint density at radius 2 is 1.77 bits per heavy atom. The Morgan fingerprint density at radius 3 is 2.31 bits per heavy atom. The van der Waals surface area contributed by atoms with Gasteiger partial charge in [0.2, 0.25) is 0 Å². The van der Waals surface area contributed by atoms with Crippen LogP contribution in [0.4, 0.5) is 0 Å². The first-order valence-corrected chi connectivity index (χ1v) is 5.52. The highest BCUT2D eigenvalue weighted by atomic mass is 15.6. The van der Waals surface area contributed by atoms with Crippen molar-refractivity contribution in [3.8, 4) is 0 Å². The fourth-order valence-corrected chi connectivity index (χ4v) is 2.55. The van der Waals surface area contributed by atoms with E-state index < -0.39 is 0 Å². The highest BCUT2D eigenvalue weighted by Gasteiger charge is 2.33. The first-order chi connectivity index (χ1) is 6.29. The number of hydrogen-bond donors (Lipinski definition) is 2. The van der Waals surface area contributed by atoms with Gasteiger partial charge in [-0.25, -0.2) is 10.9 Å². The van der Waals surface area contributed by atoms with E-state index in [1.54, 1.807) is 0 Å². The van der Waals surface area contributed by atoms with Crippen molar-refractivity contribution in [2.45, 2.75) is 51.4 Å². The normalized spacial score (nSPS) is 38.3. The topological polar surface area (TPSA) is 27.3 Å². The second kappa shape index (κ2) is 3.95. The number of nitrogens with zero attached hydrogens (tertiary/aromatic N) is 1. The predicted octanol–water partition coefficient (Wildman–Crippen LogP) is 1.28. The van der Waals surface area contributed by atoms with Gasteiger partial charge >= 0.3 is 0 Å². The summed E-state index contributed by atoms with van der Waals surface area (Å²) in [5, 5.41) is 0. The van der Waals surface area contributed by atoms with Gasteiger partial charge in [0.1, 0.15) is 0 Å². The lowest BCUT2D eigenvalue weighted by Crippen LogP contribution is -2.42. The van der Waals surface area contributed by atoms with E-state index in [9.17, 15) is 0 Å². The minimum Gasteiger partial charge on any atom is -0.273 e. The molecule has 2 fully saturated rings. The van der Waals surface area contributed by atoms with Gasteiger partial charge in [-0.3, -0.25) is 4.90 Å². The van der Waals surface area contributed by atoms with Gasteiger partial charge in [0.15, 0.2) is 0 Å². The highest BCUT2D eigenvalue weighted by molar-refractivity contribution is 4.83. The van der Waals surface area contributed by atoms with Crippen LogP contribution in [0.5, 0.6) is 0 Å². The lowest BCUT2D eigenvalue weighted by Gasteiger charge is -2.31. The van der Waals surface area contributed by atoms with E-state index in [1.807, 2.05) is 0 Å². The maximum Gasteiger partial charge on any atom is 0.0768 e. The van der Waals surface area contributed by atoms with Crippen LogP contribution in [0.3, 0.4) is 0 Å². The fraction of sp³-hybridized carbons (Fsp3) is 1.00. The maximum absolute atomic E-state index is 3.40. The molecule has 2 rings (SSSR count). The number of rotatable bonds is 1. The molecule has 0 bridgehead atoms. The van der Waals surface area contributed by atoms with E-state index in [0.717, 1.165) is 5.92 Å². The third kappa shape index (κ3) is 1.87. The summed E-state index contributed by atoms with van der Waals surface area (Å²) in [7, 11) is 2.21. The van der Waals surface area contributed by atoms with Crippen LogP contribution in [0.15, 0.2) is 0 Å². The predicted molar refractivity (Wildman–Crippen MR) is 53.9 cm³/mol. The minimum atomic E-state index is 0.479. The van der Waals surface area contributed by atoms with Crippen molar-refractivity contribution in [2.24, 2.45) is 5.92 Å². The molecule has 0 amide bonds. The van der Waals surface area contributed by atoms with Crippen LogP contribution in [-0.4, -0.2) is 24.3 Å². The van der Waals surface area contributed by atoms with E-state index in [1.165, 1.54) is 32.1 Å². The summed E-state index contributed by atoms with van der Waals surface area (Å²) in [5.41, 5.74) is 6.69. The van der Waals surface area contributed by atoms with E-state index >= 15 is 0 Å². The van der Waals surface area contributed by atoms with Crippen molar-refractivity contribution in [3.63, 3.8) is 0 Å².